The van der Waals surface area contributed by atoms with Crippen LogP contribution in [0.2, 0.25) is 0 Å². The molecule has 0 atom stereocenters. The third kappa shape index (κ3) is 5.68. The van der Waals surface area contributed by atoms with Gasteiger partial charge in [0.25, 0.3) is 0 Å². The van der Waals surface area contributed by atoms with Crippen molar-refractivity contribution in [3.05, 3.63) is 29.8 Å². The molecule has 0 saturated carbocycles. The summed E-state index contributed by atoms with van der Waals surface area (Å²) in [6.07, 6.45) is 1.91. The number of ether oxygens (including phenoxy) is 3. The van der Waals surface area contributed by atoms with Crippen LogP contribution in [0.4, 0.5) is 0 Å². The van der Waals surface area contributed by atoms with Crippen molar-refractivity contribution < 1.29 is 19.0 Å². The molecule has 1 aromatic rings. The van der Waals surface area contributed by atoms with Crippen LogP contribution in [0.5, 0.6) is 5.75 Å². The fraction of sp³-hybridized carbons (Fsp3) is 0.500. The monoisotopic (exact) mass is 252 g/mol. The molecule has 0 saturated heterocycles. The minimum absolute atomic E-state index is 0.00422. The summed E-state index contributed by atoms with van der Waals surface area (Å²) in [4.78, 5) is 11.2. The van der Waals surface area contributed by atoms with Gasteiger partial charge < -0.3 is 14.2 Å². The molecule has 0 aliphatic rings. The first-order valence-electron chi connectivity index (χ1n) is 6.12. The molecular formula is C14H20O4. The molecule has 0 unspecified atom stereocenters. The summed E-state index contributed by atoms with van der Waals surface area (Å²) < 4.78 is 15.3. The summed E-state index contributed by atoms with van der Waals surface area (Å²) in [6, 6.07) is 7.53. The van der Waals surface area contributed by atoms with Crippen LogP contribution in [0.1, 0.15) is 25.3 Å². The lowest BCUT2D eigenvalue weighted by Gasteiger charge is -2.06. The van der Waals surface area contributed by atoms with E-state index in [-0.39, 0.29) is 12.6 Å². The van der Waals surface area contributed by atoms with Gasteiger partial charge in [0.1, 0.15) is 12.4 Å². The van der Waals surface area contributed by atoms with Gasteiger partial charge in [-0.05, 0) is 24.1 Å². The minimum atomic E-state index is -0.308. The Balaban J connectivity index is 2.18. The summed E-state index contributed by atoms with van der Waals surface area (Å²) in [7, 11) is 1.62. The van der Waals surface area contributed by atoms with Crippen molar-refractivity contribution in [2.24, 2.45) is 0 Å². The molecule has 1 rings (SSSR count). The molecule has 0 aromatic heterocycles. The number of esters is 1. The number of benzene rings is 1. The molecule has 0 radical (unpaired) electrons. The maximum Gasteiger partial charge on any atom is 0.332 e. The predicted molar refractivity (Wildman–Crippen MR) is 68.5 cm³/mol. The Morgan fingerprint density at radius 2 is 1.94 bits per heavy atom. The SMILES string of the molecule is CCCCOC(=O)COCc1ccc(OC)cc1. The Hall–Kier alpha value is -1.55. The third-order valence-corrected chi connectivity index (χ3v) is 2.41. The van der Waals surface area contributed by atoms with E-state index in [1.807, 2.05) is 31.2 Å². The van der Waals surface area contributed by atoms with Gasteiger partial charge in [-0.1, -0.05) is 25.5 Å². The number of unbranched alkanes of at least 4 members (excludes halogenated alkanes) is 1. The average molecular weight is 252 g/mol. The van der Waals surface area contributed by atoms with Crippen molar-refractivity contribution in [3.63, 3.8) is 0 Å². The Kier molecular flexibility index (Phi) is 6.87. The van der Waals surface area contributed by atoms with E-state index in [1.54, 1.807) is 7.11 Å². The largest absolute Gasteiger partial charge is 0.497 e. The summed E-state index contributed by atoms with van der Waals surface area (Å²) in [5.74, 6) is 0.495. The zero-order chi connectivity index (χ0) is 13.2. The third-order valence-electron chi connectivity index (χ3n) is 2.41. The Bertz CT molecular complexity index is 345. The molecule has 0 fully saturated rings. The second-order valence-electron chi connectivity index (χ2n) is 3.91. The van der Waals surface area contributed by atoms with Gasteiger partial charge in [0.15, 0.2) is 0 Å². The Labute approximate surface area is 108 Å². The highest BCUT2D eigenvalue weighted by Crippen LogP contribution is 2.11. The number of carbonyl (C=O) groups excluding carboxylic acids is 1. The molecule has 0 amide bonds. The second-order valence-corrected chi connectivity index (χ2v) is 3.91. The van der Waals surface area contributed by atoms with Gasteiger partial charge in [0.2, 0.25) is 0 Å². The van der Waals surface area contributed by atoms with Gasteiger partial charge in [0, 0.05) is 0 Å². The van der Waals surface area contributed by atoms with Gasteiger partial charge in [0.05, 0.1) is 20.3 Å². The van der Waals surface area contributed by atoms with Crippen molar-refractivity contribution in [2.75, 3.05) is 20.3 Å². The van der Waals surface area contributed by atoms with E-state index in [2.05, 4.69) is 0 Å². The van der Waals surface area contributed by atoms with Crippen LogP contribution in [-0.2, 0) is 20.9 Å². The van der Waals surface area contributed by atoms with Crippen LogP contribution < -0.4 is 4.74 Å². The first kappa shape index (κ1) is 14.5. The molecule has 100 valence electrons. The van der Waals surface area contributed by atoms with Crippen LogP contribution in [0.25, 0.3) is 0 Å². The maximum atomic E-state index is 11.2. The van der Waals surface area contributed by atoms with E-state index in [0.717, 1.165) is 24.2 Å². The smallest absolute Gasteiger partial charge is 0.332 e. The number of methoxy groups -OCH3 is 1. The summed E-state index contributed by atoms with van der Waals surface area (Å²) >= 11 is 0. The van der Waals surface area contributed by atoms with E-state index in [1.165, 1.54) is 0 Å². The molecule has 0 heterocycles. The fourth-order valence-corrected chi connectivity index (χ4v) is 1.35. The molecule has 0 aliphatic heterocycles. The van der Waals surface area contributed by atoms with Crippen LogP contribution in [-0.4, -0.2) is 26.3 Å². The minimum Gasteiger partial charge on any atom is -0.497 e. The molecule has 1 aromatic carbocycles. The van der Waals surface area contributed by atoms with E-state index < -0.39 is 0 Å². The maximum absolute atomic E-state index is 11.2. The molecular weight excluding hydrogens is 232 g/mol. The van der Waals surface area contributed by atoms with Crippen molar-refractivity contribution in [1.82, 2.24) is 0 Å². The fourth-order valence-electron chi connectivity index (χ4n) is 1.35. The van der Waals surface area contributed by atoms with Crippen molar-refractivity contribution in [3.8, 4) is 5.75 Å². The molecule has 4 nitrogen and oxygen atoms in total. The predicted octanol–water partition coefficient (Wildman–Crippen LogP) is 2.56. The molecule has 0 aliphatic carbocycles. The van der Waals surface area contributed by atoms with E-state index >= 15 is 0 Å². The van der Waals surface area contributed by atoms with E-state index in [4.69, 9.17) is 14.2 Å². The Morgan fingerprint density at radius 1 is 1.22 bits per heavy atom. The van der Waals surface area contributed by atoms with Gasteiger partial charge in [-0.25, -0.2) is 4.79 Å². The summed E-state index contributed by atoms with van der Waals surface area (Å²) in [5.41, 5.74) is 0.997. The van der Waals surface area contributed by atoms with Gasteiger partial charge in [-0.15, -0.1) is 0 Å². The van der Waals surface area contributed by atoms with Crippen LogP contribution in [0.15, 0.2) is 24.3 Å². The van der Waals surface area contributed by atoms with Gasteiger partial charge >= 0.3 is 5.97 Å². The zero-order valence-electron chi connectivity index (χ0n) is 11.0. The number of carbonyl (C=O) groups is 1. The van der Waals surface area contributed by atoms with E-state index in [9.17, 15) is 4.79 Å². The molecule has 18 heavy (non-hydrogen) atoms. The van der Waals surface area contributed by atoms with Crippen LogP contribution in [0.3, 0.4) is 0 Å². The number of hydrogen-bond acceptors (Lipinski definition) is 4. The first-order valence-corrected chi connectivity index (χ1v) is 6.12. The lowest BCUT2D eigenvalue weighted by molar-refractivity contribution is -0.149. The molecule has 0 N–H and O–H groups in total. The first-order chi connectivity index (χ1) is 8.76. The van der Waals surface area contributed by atoms with Gasteiger partial charge in [-0.2, -0.15) is 0 Å². The lowest BCUT2D eigenvalue weighted by Crippen LogP contribution is -2.13. The standard InChI is InChI=1S/C14H20O4/c1-3-4-9-18-14(15)11-17-10-12-5-7-13(16-2)8-6-12/h5-8H,3-4,9-11H2,1-2H3. The highest BCUT2D eigenvalue weighted by atomic mass is 16.6. The highest BCUT2D eigenvalue weighted by molar-refractivity contribution is 5.70. The average Bonchev–Trinajstić information content (AvgIpc) is 2.40. The van der Waals surface area contributed by atoms with Gasteiger partial charge in [-0.3, -0.25) is 0 Å². The normalized spacial score (nSPS) is 10.1. The molecule has 4 heteroatoms. The Morgan fingerprint density at radius 3 is 2.56 bits per heavy atom. The number of hydrogen-bond donors (Lipinski definition) is 0. The number of rotatable bonds is 8. The summed E-state index contributed by atoms with van der Waals surface area (Å²) in [6.45, 7) is 2.91. The molecule has 0 bridgehead atoms. The zero-order valence-corrected chi connectivity index (χ0v) is 11.0. The van der Waals surface area contributed by atoms with Crippen molar-refractivity contribution in [1.29, 1.82) is 0 Å². The van der Waals surface area contributed by atoms with Crippen molar-refractivity contribution in [2.45, 2.75) is 26.4 Å². The highest BCUT2D eigenvalue weighted by Gasteiger charge is 2.02. The van der Waals surface area contributed by atoms with Crippen LogP contribution in [0, 0.1) is 0 Å². The van der Waals surface area contributed by atoms with Crippen LogP contribution >= 0.6 is 0 Å². The second kappa shape index (κ2) is 8.53. The quantitative estimate of drug-likeness (QED) is 0.527. The molecule has 0 spiro atoms. The lowest BCUT2D eigenvalue weighted by atomic mass is 10.2. The van der Waals surface area contributed by atoms with Crippen molar-refractivity contribution >= 4 is 5.97 Å². The summed E-state index contributed by atoms with van der Waals surface area (Å²) in [5, 5.41) is 0. The van der Waals surface area contributed by atoms with E-state index in [0.29, 0.717) is 13.2 Å². The topological polar surface area (TPSA) is 44.8 Å².